The highest BCUT2D eigenvalue weighted by molar-refractivity contribution is 6.00. The molecule has 1 amide bonds. The molecule has 2 heterocycles. The van der Waals surface area contributed by atoms with Crippen LogP contribution in [0, 0.1) is 13.8 Å². The Morgan fingerprint density at radius 2 is 1.71 bits per heavy atom. The van der Waals surface area contributed by atoms with Crippen LogP contribution in [0.15, 0.2) is 42.6 Å². The van der Waals surface area contributed by atoms with E-state index < -0.39 is 5.97 Å². The maximum absolute atomic E-state index is 13.5. The van der Waals surface area contributed by atoms with Gasteiger partial charge in [0, 0.05) is 24.8 Å². The lowest BCUT2D eigenvalue weighted by Crippen LogP contribution is -2.34. The molecule has 0 unspecified atom stereocenters. The van der Waals surface area contributed by atoms with E-state index in [2.05, 4.69) is 0 Å². The summed E-state index contributed by atoms with van der Waals surface area (Å²) in [6.07, 6.45) is 2.57. The first-order valence-electron chi connectivity index (χ1n) is 9.47. The topological polar surface area (TPSA) is 74.9 Å². The number of fused-ring (bicyclic) bond motifs is 1. The molecule has 0 spiro atoms. The summed E-state index contributed by atoms with van der Waals surface area (Å²) in [6.45, 7) is 6.62. The Labute approximate surface area is 164 Å². The number of aliphatic carboxylic acids is 1. The van der Waals surface area contributed by atoms with Crippen LogP contribution in [0.4, 0.5) is 0 Å². The Kier molecular flexibility index (Phi) is 5.78. The summed E-state index contributed by atoms with van der Waals surface area (Å²) < 4.78 is 1.82. The van der Waals surface area contributed by atoms with E-state index in [9.17, 15) is 9.59 Å². The van der Waals surface area contributed by atoms with Crippen LogP contribution in [0.5, 0.6) is 0 Å². The van der Waals surface area contributed by atoms with Crippen molar-refractivity contribution in [1.29, 1.82) is 0 Å². The normalized spacial score (nSPS) is 11.0. The molecule has 28 heavy (non-hydrogen) atoms. The van der Waals surface area contributed by atoms with Crippen molar-refractivity contribution in [2.45, 2.75) is 33.6 Å². The van der Waals surface area contributed by atoms with Gasteiger partial charge in [-0.15, -0.1) is 0 Å². The zero-order chi connectivity index (χ0) is 20.3. The summed E-state index contributed by atoms with van der Waals surface area (Å²) in [4.78, 5) is 30.8. The number of carboxylic acid groups (broad SMARTS) is 1. The molecule has 146 valence electrons. The maximum Gasteiger partial charge on any atom is 0.305 e. The molecule has 0 aliphatic heterocycles. The summed E-state index contributed by atoms with van der Waals surface area (Å²) in [5, 5.41) is 9.05. The van der Waals surface area contributed by atoms with E-state index in [4.69, 9.17) is 10.1 Å². The number of carbonyl (C=O) groups excluding carboxylic acids is 1. The summed E-state index contributed by atoms with van der Waals surface area (Å²) in [5.74, 6) is -1.11. The average molecular weight is 379 g/mol. The van der Waals surface area contributed by atoms with Crippen LogP contribution in [0.25, 0.3) is 16.9 Å². The van der Waals surface area contributed by atoms with Gasteiger partial charge >= 0.3 is 5.97 Å². The predicted molar refractivity (Wildman–Crippen MR) is 109 cm³/mol. The van der Waals surface area contributed by atoms with Crippen molar-refractivity contribution >= 4 is 17.5 Å². The van der Waals surface area contributed by atoms with E-state index in [-0.39, 0.29) is 18.9 Å². The monoisotopic (exact) mass is 379 g/mol. The van der Waals surface area contributed by atoms with Crippen molar-refractivity contribution in [2.24, 2.45) is 0 Å². The Bertz CT molecular complexity index is 1010. The van der Waals surface area contributed by atoms with Crippen molar-refractivity contribution in [1.82, 2.24) is 14.3 Å². The number of amides is 1. The zero-order valence-electron chi connectivity index (χ0n) is 16.5. The van der Waals surface area contributed by atoms with E-state index in [1.54, 1.807) is 4.90 Å². The SMILES string of the molecule is CCCN(CCC(=O)O)C(=O)c1c(-c2ccc(C)cc2)nc2ccc(C)cn12. The number of aryl methyl sites for hydroxylation is 2. The fourth-order valence-electron chi connectivity index (χ4n) is 3.23. The molecule has 1 aromatic carbocycles. The van der Waals surface area contributed by atoms with Gasteiger partial charge < -0.3 is 10.0 Å². The van der Waals surface area contributed by atoms with Gasteiger partial charge in [-0.05, 0) is 31.9 Å². The third-order valence-corrected chi connectivity index (χ3v) is 4.67. The lowest BCUT2D eigenvalue weighted by Gasteiger charge is -2.22. The van der Waals surface area contributed by atoms with Gasteiger partial charge in [-0.2, -0.15) is 0 Å². The molecule has 0 atom stereocenters. The van der Waals surface area contributed by atoms with E-state index >= 15 is 0 Å². The third kappa shape index (κ3) is 4.06. The molecule has 0 fully saturated rings. The predicted octanol–water partition coefficient (Wildman–Crippen LogP) is 3.95. The zero-order valence-corrected chi connectivity index (χ0v) is 16.5. The van der Waals surface area contributed by atoms with Crippen molar-refractivity contribution in [3.8, 4) is 11.3 Å². The number of pyridine rings is 1. The van der Waals surface area contributed by atoms with Crippen LogP contribution >= 0.6 is 0 Å². The van der Waals surface area contributed by atoms with E-state index in [0.29, 0.717) is 23.6 Å². The molecular weight excluding hydrogens is 354 g/mol. The molecule has 0 saturated heterocycles. The first-order chi connectivity index (χ1) is 13.4. The second-order valence-corrected chi connectivity index (χ2v) is 7.05. The third-order valence-electron chi connectivity index (χ3n) is 4.67. The minimum atomic E-state index is -0.915. The lowest BCUT2D eigenvalue weighted by molar-refractivity contribution is -0.137. The van der Waals surface area contributed by atoms with Crippen LogP contribution in [0.3, 0.4) is 0 Å². The minimum Gasteiger partial charge on any atom is -0.481 e. The summed E-state index contributed by atoms with van der Waals surface area (Å²) in [6, 6.07) is 11.8. The lowest BCUT2D eigenvalue weighted by atomic mass is 10.1. The molecule has 6 heteroatoms. The van der Waals surface area contributed by atoms with Gasteiger partial charge in [-0.1, -0.05) is 42.8 Å². The second kappa shape index (κ2) is 8.25. The van der Waals surface area contributed by atoms with Gasteiger partial charge in [0.05, 0.1) is 6.42 Å². The first-order valence-corrected chi connectivity index (χ1v) is 9.47. The number of imidazole rings is 1. The quantitative estimate of drug-likeness (QED) is 0.675. The average Bonchev–Trinajstić information content (AvgIpc) is 3.03. The molecule has 3 rings (SSSR count). The molecule has 2 aromatic heterocycles. The summed E-state index contributed by atoms with van der Waals surface area (Å²) >= 11 is 0. The maximum atomic E-state index is 13.5. The molecule has 0 radical (unpaired) electrons. The fraction of sp³-hybridized carbons (Fsp3) is 0.318. The minimum absolute atomic E-state index is 0.0820. The molecule has 0 aliphatic rings. The molecule has 1 N–H and O–H groups in total. The number of carboxylic acids is 1. The molecular formula is C22H25N3O3. The van der Waals surface area contributed by atoms with Gasteiger partial charge in [0.1, 0.15) is 17.0 Å². The Hall–Kier alpha value is -3.15. The molecule has 0 bridgehead atoms. The Morgan fingerprint density at radius 1 is 1.04 bits per heavy atom. The van der Waals surface area contributed by atoms with Gasteiger partial charge in [-0.25, -0.2) is 4.98 Å². The van der Waals surface area contributed by atoms with Crippen LogP contribution < -0.4 is 0 Å². The summed E-state index contributed by atoms with van der Waals surface area (Å²) in [7, 11) is 0. The van der Waals surface area contributed by atoms with Gasteiger partial charge in [0.15, 0.2) is 0 Å². The number of hydrogen-bond acceptors (Lipinski definition) is 3. The highest BCUT2D eigenvalue weighted by Crippen LogP contribution is 2.26. The largest absolute Gasteiger partial charge is 0.481 e. The highest BCUT2D eigenvalue weighted by Gasteiger charge is 2.25. The summed E-state index contributed by atoms with van der Waals surface area (Å²) in [5.41, 5.74) is 4.80. The van der Waals surface area contributed by atoms with Gasteiger partial charge in [-0.3, -0.25) is 14.0 Å². The van der Waals surface area contributed by atoms with Gasteiger partial charge in [0.25, 0.3) is 5.91 Å². The van der Waals surface area contributed by atoms with E-state index in [0.717, 1.165) is 23.1 Å². The highest BCUT2D eigenvalue weighted by atomic mass is 16.4. The smallest absolute Gasteiger partial charge is 0.305 e. The number of rotatable bonds is 7. The number of aromatic nitrogens is 2. The second-order valence-electron chi connectivity index (χ2n) is 7.05. The standard InChI is InChI=1S/C22H25N3O3/c1-4-12-24(13-11-19(26)27)22(28)21-20(17-8-5-15(2)6-9-17)23-18-10-7-16(3)14-25(18)21/h5-10,14H,4,11-13H2,1-3H3,(H,26,27). The first kappa shape index (κ1) is 19.6. The van der Waals surface area contributed by atoms with E-state index in [1.807, 2.05) is 67.8 Å². The van der Waals surface area contributed by atoms with Crippen LogP contribution in [0.2, 0.25) is 0 Å². The Morgan fingerprint density at radius 3 is 2.36 bits per heavy atom. The number of nitrogens with zero attached hydrogens (tertiary/aromatic N) is 3. The van der Waals surface area contributed by atoms with Crippen LogP contribution in [-0.2, 0) is 4.79 Å². The van der Waals surface area contributed by atoms with Gasteiger partial charge in [0.2, 0.25) is 0 Å². The number of carbonyl (C=O) groups is 2. The molecule has 0 saturated carbocycles. The molecule has 3 aromatic rings. The van der Waals surface area contributed by atoms with Crippen molar-refractivity contribution < 1.29 is 14.7 Å². The van der Waals surface area contributed by atoms with E-state index in [1.165, 1.54) is 0 Å². The molecule has 6 nitrogen and oxygen atoms in total. The Balaban J connectivity index is 2.14. The van der Waals surface area contributed by atoms with Crippen LogP contribution in [-0.4, -0.2) is 44.4 Å². The van der Waals surface area contributed by atoms with Crippen molar-refractivity contribution in [3.63, 3.8) is 0 Å². The number of benzene rings is 1. The fourth-order valence-corrected chi connectivity index (χ4v) is 3.23. The van der Waals surface area contributed by atoms with Crippen molar-refractivity contribution in [3.05, 3.63) is 59.4 Å². The van der Waals surface area contributed by atoms with Crippen LogP contribution in [0.1, 0.15) is 41.4 Å². The number of hydrogen-bond donors (Lipinski definition) is 1. The molecule has 0 aliphatic carbocycles. The van der Waals surface area contributed by atoms with Crippen molar-refractivity contribution in [2.75, 3.05) is 13.1 Å².